The largest absolute Gasteiger partial charge is 0.130 e. The van der Waals surface area contributed by atoms with Crippen molar-refractivity contribution < 1.29 is 0 Å². The molecular formula is C9H11Br2ClS. The lowest BCUT2D eigenvalue weighted by atomic mass is 10.0. The molecule has 2 unspecified atom stereocenters. The first-order chi connectivity index (χ1) is 6.06. The molecule has 1 heterocycles. The smallest absolute Gasteiger partial charge is 0.0887 e. The first-order valence-electron chi connectivity index (χ1n) is 4.15. The van der Waals surface area contributed by atoms with Gasteiger partial charge in [-0.3, -0.25) is 0 Å². The number of halogens is 3. The third-order valence-electron chi connectivity index (χ3n) is 2.08. The zero-order valence-electron chi connectivity index (χ0n) is 7.48. The number of hydrogen-bond donors (Lipinski definition) is 0. The SMILES string of the molecule is CCC(C)C(Br)c1cc(Cl)c(Br)s1. The van der Waals surface area contributed by atoms with Gasteiger partial charge >= 0.3 is 0 Å². The molecule has 0 amide bonds. The molecule has 0 saturated carbocycles. The minimum atomic E-state index is 0.422. The molecule has 0 radical (unpaired) electrons. The molecule has 0 saturated heterocycles. The predicted molar refractivity (Wildman–Crippen MR) is 68.2 cm³/mol. The molecule has 13 heavy (non-hydrogen) atoms. The van der Waals surface area contributed by atoms with E-state index in [2.05, 4.69) is 45.7 Å². The van der Waals surface area contributed by atoms with Crippen LogP contribution in [0.25, 0.3) is 0 Å². The topological polar surface area (TPSA) is 0 Å². The van der Waals surface area contributed by atoms with Gasteiger partial charge in [0.15, 0.2) is 0 Å². The molecule has 0 aliphatic rings. The molecule has 2 atom stereocenters. The van der Waals surface area contributed by atoms with Crippen LogP contribution < -0.4 is 0 Å². The van der Waals surface area contributed by atoms with E-state index in [9.17, 15) is 0 Å². The van der Waals surface area contributed by atoms with E-state index in [1.807, 2.05) is 6.07 Å². The standard InChI is InChI=1S/C9H11Br2ClS/c1-3-5(2)8(10)7-4-6(12)9(11)13-7/h4-5,8H,3H2,1-2H3. The molecule has 74 valence electrons. The molecule has 1 aromatic rings. The third-order valence-corrected chi connectivity index (χ3v) is 6.34. The summed E-state index contributed by atoms with van der Waals surface area (Å²) in [4.78, 5) is 1.72. The zero-order valence-corrected chi connectivity index (χ0v) is 12.2. The van der Waals surface area contributed by atoms with Crippen molar-refractivity contribution in [2.45, 2.75) is 25.1 Å². The number of thiophene rings is 1. The Morgan fingerprint density at radius 3 is 2.62 bits per heavy atom. The van der Waals surface area contributed by atoms with Crippen molar-refractivity contribution in [3.05, 3.63) is 19.8 Å². The molecule has 0 aromatic carbocycles. The van der Waals surface area contributed by atoms with Gasteiger partial charge < -0.3 is 0 Å². The summed E-state index contributed by atoms with van der Waals surface area (Å²) in [6.07, 6.45) is 1.17. The molecular weight excluding hydrogens is 335 g/mol. The van der Waals surface area contributed by atoms with Crippen LogP contribution in [-0.2, 0) is 0 Å². The van der Waals surface area contributed by atoms with E-state index in [0.717, 1.165) is 8.81 Å². The minimum Gasteiger partial charge on any atom is -0.130 e. The van der Waals surface area contributed by atoms with Gasteiger partial charge in [0.25, 0.3) is 0 Å². The zero-order chi connectivity index (χ0) is 10.0. The third kappa shape index (κ3) is 2.95. The highest BCUT2D eigenvalue weighted by Gasteiger charge is 2.17. The Balaban J connectivity index is 2.82. The summed E-state index contributed by atoms with van der Waals surface area (Å²) in [7, 11) is 0. The second kappa shape index (κ2) is 5.15. The van der Waals surface area contributed by atoms with Crippen LogP contribution >= 0.6 is 54.8 Å². The van der Waals surface area contributed by atoms with Crippen molar-refractivity contribution in [3.63, 3.8) is 0 Å². The molecule has 0 spiro atoms. The summed E-state index contributed by atoms with van der Waals surface area (Å²) < 4.78 is 1.02. The van der Waals surface area contributed by atoms with Crippen molar-refractivity contribution in [3.8, 4) is 0 Å². The quantitative estimate of drug-likeness (QED) is 0.621. The van der Waals surface area contributed by atoms with E-state index >= 15 is 0 Å². The molecule has 0 aliphatic carbocycles. The molecule has 0 fully saturated rings. The van der Waals surface area contributed by atoms with Crippen LogP contribution in [0.5, 0.6) is 0 Å². The highest BCUT2D eigenvalue weighted by molar-refractivity contribution is 9.11. The average molecular weight is 347 g/mol. The number of alkyl halides is 1. The lowest BCUT2D eigenvalue weighted by Gasteiger charge is -2.14. The Morgan fingerprint density at radius 2 is 2.23 bits per heavy atom. The fourth-order valence-electron chi connectivity index (χ4n) is 0.987. The van der Waals surface area contributed by atoms with E-state index in [1.54, 1.807) is 11.3 Å². The van der Waals surface area contributed by atoms with E-state index in [1.165, 1.54) is 11.3 Å². The fraction of sp³-hybridized carbons (Fsp3) is 0.556. The summed E-state index contributed by atoms with van der Waals surface area (Å²) >= 11 is 14.8. The highest BCUT2D eigenvalue weighted by Crippen LogP contribution is 2.41. The first kappa shape index (κ1) is 12.0. The number of rotatable bonds is 3. The van der Waals surface area contributed by atoms with Crippen LogP contribution in [0.4, 0.5) is 0 Å². The van der Waals surface area contributed by atoms with E-state index in [0.29, 0.717) is 10.7 Å². The Kier molecular flexibility index (Phi) is 4.76. The van der Waals surface area contributed by atoms with Gasteiger partial charge in [-0.05, 0) is 27.9 Å². The highest BCUT2D eigenvalue weighted by atomic mass is 79.9. The monoisotopic (exact) mass is 344 g/mol. The van der Waals surface area contributed by atoms with Crippen molar-refractivity contribution in [2.24, 2.45) is 5.92 Å². The maximum Gasteiger partial charge on any atom is 0.0887 e. The van der Waals surface area contributed by atoms with Gasteiger partial charge in [-0.15, -0.1) is 11.3 Å². The molecule has 0 N–H and O–H groups in total. The predicted octanol–water partition coefficient (Wildman–Crippen LogP) is 5.65. The second-order valence-electron chi connectivity index (χ2n) is 3.06. The van der Waals surface area contributed by atoms with Crippen LogP contribution in [0.2, 0.25) is 5.02 Å². The van der Waals surface area contributed by atoms with Crippen LogP contribution in [-0.4, -0.2) is 0 Å². The van der Waals surface area contributed by atoms with E-state index in [4.69, 9.17) is 11.6 Å². The summed E-state index contributed by atoms with van der Waals surface area (Å²) in [5.41, 5.74) is 0. The van der Waals surface area contributed by atoms with Gasteiger partial charge in [0.1, 0.15) is 0 Å². The van der Waals surface area contributed by atoms with Gasteiger partial charge in [0.05, 0.1) is 13.6 Å². The van der Waals surface area contributed by atoms with Gasteiger partial charge in [-0.2, -0.15) is 0 Å². The van der Waals surface area contributed by atoms with Crippen LogP contribution in [0.15, 0.2) is 9.85 Å². The van der Waals surface area contributed by atoms with Crippen LogP contribution in [0, 0.1) is 5.92 Å². The van der Waals surface area contributed by atoms with Crippen molar-refractivity contribution in [1.82, 2.24) is 0 Å². The Labute approximate surface area is 105 Å². The van der Waals surface area contributed by atoms with Gasteiger partial charge in [0, 0.05) is 4.88 Å². The lowest BCUT2D eigenvalue weighted by Crippen LogP contribution is -1.99. The summed E-state index contributed by atoms with van der Waals surface area (Å²) in [6.45, 7) is 4.43. The van der Waals surface area contributed by atoms with Crippen LogP contribution in [0.3, 0.4) is 0 Å². The normalized spacial score (nSPS) is 15.8. The lowest BCUT2D eigenvalue weighted by molar-refractivity contribution is 0.560. The average Bonchev–Trinajstić information content (AvgIpc) is 2.44. The van der Waals surface area contributed by atoms with Crippen molar-refractivity contribution in [2.75, 3.05) is 0 Å². The molecule has 4 heteroatoms. The molecule has 1 rings (SSSR count). The Bertz CT molecular complexity index is 266. The molecule has 1 aromatic heterocycles. The van der Waals surface area contributed by atoms with Gasteiger partial charge in [-0.1, -0.05) is 47.8 Å². The van der Waals surface area contributed by atoms with Crippen molar-refractivity contribution in [1.29, 1.82) is 0 Å². The molecule has 0 nitrogen and oxygen atoms in total. The van der Waals surface area contributed by atoms with Gasteiger partial charge in [0.2, 0.25) is 0 Å². The number of hydrogen-bond acceptors (Lipinski definition) is 1. The van der Waals surface area contributed by atoms with E-state index in [-0.39, 0.29) is 0 Å². The van der Waals surface area contributed by atoms with Gasteiger partial charge in [-0.25, -0.2) is 0 Å². The minimum absolute atomic E-state index is 0.422. The fourth-order valence-corrected chi connectivity index (χ4v) is 3.63. The molecule has 0 bridgehead atoms. The van der Waals surface area contributed by atoms with Crippen molar-refractivity contribution >= 4 is 54.8 Å². The first-order valence-corrected chi connectivity index (χ1v) is 7.05. The molecule has 0 aliphatic heterocycles. The maximum atomic E-state index is 5.96. The maximum absolute atomic E-state index is 5.96. The van der Waals surface area contributed by atoms with E-state index < -0.39 is 0 Å². The summed E-state index contributed by atoms with van der Waals surface area (Å²) in [5.74, 6) is 0.640. The summed E-state index contributed by atoms with van der Waals surface area (Å²) in [6, 6.07) is 2.03. The Morgan fingerprint density at radius 1 is 1.62 bits per heavy atom. The summed E-state index contributed by atoms with van der Waals surface area (Å²) in [5, 5.41) is 0.813. The second-order valence-corrected chi connectivity index (χ2v) is 6.85. The van der Waals surface area contributed by atoms with Crippen LogP contribution in [0.1, 0.15) is 30.0 Å². The Hall–Kier alpha value is 0.950.